The highest BCUT2D eigenvalue weighted by Gasteiger charge is 2.43. The van der Waals surface area contributed by atoms with Gasteiger partial charge < -0.3 is 14.4 Å². The van der Waals surface area contributed by atoms with Crippen molar-refractivity contribution in [2.24, 2.45) is 5.92 Å². The summed E-state index contributed by atoms with van der Waals surface area (Å²) in [6, 6.07) is 6.77. The lowest BCUT2D eigenvalue weighted by atomic mass is 9.94. The molecule has 0 bridgehead atoms. The Morgan fingerprint density at radius 3 is 2.83 bits per heavy atom. The van der Waals surface area contributed by atoms with E-state index in [-0.39, 0.29) is 11.4 Å². The summed E-state index contributed by atoms with van der Waals surface area (Å²) >= 11 is 0. The van der Waals surface area contributed by atoms with Crippen LogP contribution in [0.15, 0.2) is 24.3 Å². The van der Waals surface area contributed by atoms with Crippen LogP contribution in [0, 0.1) is 11.7 Å². The van der Waals surface area contributed by atoms with Crippen LogP contribution in [-0.2, 0) is 16.0 Å². The van der Waals surface area contributed by atoms with Crippen LogP contribution in [0.25, 0.3) is 0 Å². The third kappa shape index (κ3) is 4.51. The summed E-state index contributed by atoms with van der Waals surface area (Å²) < 4.78 is 25.1. The Kier molecular flexibility index (Phi) is 5.31. The largest absolute Gasteiger partial charge is 0.377 e. The van der Waals surface area contributed by atoms with E-state index in [1.54, 1.807) is 0 Å². The second-order valence-electron chi connectivity index (χ2n) is 7.22. The van der Waals surface area contributed by atoms with E-state index in [0.717, 1.165) is 51.4 Å². The Hall–Kier alpha value is -1.01. The molecule has 128 valence electrons. The first kappa shape index (κ1) is 16.8. The van der Waals surface area contributed by atoms with Gasteiger partial charge in [-0.2, -0.15) is 0 Å². The predicted molar refractivity (Wildman–Crippen MR) is 87.8 cm³/mol. The molecule has 0 aliphatic carbocycles. The molecule has 0 amide bonds. The smallest absolute Gasteiger partial charge is 0.123 e. The fraction of sp³-hybridized carbons (Fsp3) is 0.667. The third-order valence-electron chi connectivity index (χ3n) is 4.66. The average molecular weight is 322 g/mol. The van der Waals surface area contributed by atoms with Gasteiger partial charge in [-0.3, -0.25) is 4.90 Å². The maximum Gasteiger partial charge on any atom is 0.123 e. The number of hydrogen-bond donors (Lipinski definition) is 0. The van der Waals surface area contributed by atoms with Crippen LogP contribution in [0.2, 0.25) is 0 Å². The van der Waals surface area contributed by atoms with E-state index in [4.69, 9.17) is 9.47 Å². The quantitative estimate of drug-likeness (QED) is 0.846. The van der Waals surface area contributed by atoms with Gasteiger partial charge >= 0.3 is 0 Å². The van der Waals surface area contributed by atoms with E-state index in [0.29, 0.717) is 12.5 Å². The van der Waals surface area contributed by atoms with E-state index in [1.165, 1.54) is 12.1 Å². The lowest BCUT2D eigenvalue weighted by Gasteiger charge is -2.31. The Morgan fingerprint density at radius 1 is 1.30 bits per heavy atom. The molecule has 1 aromatic carbocycles. The summed E-state index contributed by atoms with van der Waals surface area (Å²) in [6.07, 6.45) is 1.05. The van der Waals surface area contributed by atoms with Gasteiger partial charge in [0.05, 0.1) is 19.8 Å². The summed E-state index contributed by atoms with van der Waals surface area (Å²) in [5.41, 5.74) is 0.947. The van der Waals surface area contributed by atoms with Crippen molar-refractivity contribution in [3.8, 4) is 0 Å². The van der Waals surface area contributed by atoms with Crippen molar-refractivity contribution < 1.29 is 13.9 Å². The van der Waals surface area contributed by atoms with Crippen molar-refractivity contribution in [1.29, 1.82) is 0 Å². The van der Waals surface area contributed by atoms with E-state index in [1.807, 2.05) is 12.1 Å². The van der Waals surface area contributed by atoms with Crippen molar-refractivity contribution in [3.05, 3.63) is 35.6 Å². The maximum atomic E-state index is 13.1. The summed E-state index contributed by atoms with van der Waals surface area (Å²) in [4.78, 5) is 4.60. The summed E-state index contributed by atoms with van der Waals surface area (Å²) in [6.45, 7) is 5.86. The highest BCUT2D eigenvalue weighted by atomic mass is 19.1. The van der Waals surface area contributed by atoms with Crippen LogP contribution >= 0.6 is 0 Å². The molecule has 4 nitrogen and oxygen atoms in total. The van der Waals surface area contributed by atoms with Crippen molar-refractivity contribution >= 4 is 0 Å². The zero-order chi connectivity index (χ0) is 16.3. The minimum Gasteiger partial charge on any atom is -0.377 e. The monoisotopic (exact) mass is 322 g/mol. The molecule has 0 saturated carbocycles. The lowest BCUT2D eigenvalue weighted by molar-refractivity contribution is -0.0563. The summed E-state index contributed by atoms with van der Waals surface area (Å²) in [5, 5.41) is 0. The highest BCUT2D eigenvalue weighted by Crippen LogP contribution is 2.33. The molecule has 1 aromatic rings. The number of nitrogens with zero attached hydrogens (tertiary/aromatic N) is 2. The SMILES string of the molecule is CN(C)C[C@@H]1CO[C@@]2(COCCN(Cc3ccc(F)cc3)C2)C1. The van der Waals surface area contributed by atoms with Crippen LogP contribution in [0.5, 0.6) is 0 Å². The molecule has 5 heteroatoms. The Morgan fingerprint density at radius 2 is 2.09 bits per heavy atom. The standard InChI is InChI=1S/C18H27FN2O2/c1-20(2)10-16-9-18(23-12-16)13-21(7-8-22-14-18)11-15-3-5-17(19)6-4-15/h3-6,16H,7-14H2,1-2H3/t16-,18+/m1/s1. The average Bonchev–Trinajstić information content (AvgIpc) is 2.76. The molecule has 23 heavy (non-hydrogen) atoms. The molecule has 3 rings (SSSR count). The minimum absolute atomic E-state index is 0.183. The van der Waals surface area contributed by atoms with Gasteiger partial charge in [-0.25, -0.2) is 4.39 Å². The Labute approximate surface area is 138 Å². The van der Waals surface area contributed by atoms with Crippen molar-refractivity contribution in [3.63, 3.8) is 0 Å². The first-order chi connectivity index (χ1) is 11.0. The lowest BCUT2D eigenvalue weighted by Crippen LogP contribution is -2.44. The van der Waals surface area contributed by atoms with Gasteiger partial charge in [0.1, 0.15) is 11.4 Å². The number of halogens is 1. The molecule has 0 radical (unpaired) electrons. The molecular weight excluding hydrogens is 295 g/mol. The second kappa shape index (κ2) is 7.26. The van der Waals surface area contributed by atoms with Crippen LogP contribution in [0.1, 0.15) is 12.0 Å². The molecule has 2 aliphatic rings. The van der Waals surface area contributed by atoms with Crippen molar-refractivity contribution in [2.75, 3.05) is 53.6 Å². The Balaban J connectivity index is 1.63. The van der Waals surface area contributed by atoms with Gasteiger partial charge in [0.15, 0.2) is 0 Å². The van der Waals surface area contributed by atoms with Gasteiger partial charge in [0.25, 0.3) is 0 Å². The van der Waals surface area contributed by atoms with Crippen molar-refractivity contribution in [1.82, 2.24) is 9.80 Å². The topological polar surface area (TPSA) is 24.9 Å². The van der Waals surface area contributed by atoms with E-state index in [9.17, 15) is 4.39 Å². The van der Waals surface area contributed by atoms with Crippen LogP contribution in [-0.4, -0.2) is 69.0 Å². The molecule has 2 fully saturated rings. The Bertz CT molecular complexity index is 508. The normalized spacial score (nSPS) is 29.3. The fourth-order valence-corrected chi connectivity index (χ4v) is 3.75. The number of benzene rings is 1. The molecular formula is C18H27FN2O2. The van der Waals surface area contributed by atoms with Crippen LogP contribution < -0.4 is 0 Å². The molecule has 0 N–H and O–H groups in total. The fourth-order valence-electron chi connectivity index (χ4n) is 3.75. The van der Waals surface area contributed by atoms with Crippen LogP contribution in [0.4, 0.5) is 4.39 Å². The van der Waals surface area contributed by atoms with Gasteiger partial charge in [-0.1, -0.05) is 12.1 Å². The minimum atomic E-state index is -0.185. The van der Waals surface area contributed by atoms with Crippen LogP contribution in [0.3, 0.4) is 0 Å². The second-order valence-corrected chi connectivity index (χ2v) is 7.22. The van der Waals surface area contributed by atoms with Gasteiger partial charge in [0.2, 0.25) is 0 Å². The van der Waals surface area contributed by atoms with E-state index in [2.05, 4.69) is 23.9 Å². The highest BCUT2D eigenvalue weighted by molar-refractivity contribution is 5.16. The first-order valence-electron chi connectivity index (χ1n) is 8.38. The van der Waals surface area contributed by atoms with Crippen molar-refractivity contribution in [2.45, 2.75) is 18.6 Å². The molecule has 2 saturated heterocycles. The maximum absolute atomic E-state index is 13.1. The number of ether oxygens (including phenoxy) is 2. The molecule has 0 aromatic heterocycles. The molecule has 2 heterocycles. The summed E-state index contributed by atoms with van der Waals surface area (Å²) in [7, 11) is 4.21. The first-order valence-corrected chi connectivity index (χ1v) is 8.38. The van der Waals surface area contributed by atoms with Gasteiger partial charge in [-0.15, -0.1) is 0 Å². The molecule has 1 spiro atoms. The number of hydrogen-bond acceptors (Lipinski definition) is 4. The number of rotatable bonds is 4. The zero-order valence-corrected chi connectivity index (χ0v) is 14.1. The molecule has 2 aliphatic heterocycles. The zero-order valence-electron chi connectivity index (χ0n) is 14.1. The van der Waals surface area contributed by atoms with E-state index < -0.39 is 0 Å². The third-order valence-corrected chi connectivity index (χ3v) is 4.66. The van der Waals surface area contributed by atoms with E-state index >= 15 is 0 Å². The molecule has 2 atom stereocenters. The molecule has 0 unspecified atom stereocenters. The van der Waals surface area contributed by atoms with Gasteiger partial charge in [-0.05, 0) is 44.1 Å². The summed E-state index contributed by atoms with van der Waals surface area (Å²) in [5.74, 6) is 0.384. The predicted octanol–water partition coefficient (Wildman–Crippen LogP) is 1.99. The van der Waals surface area contributed by atoms with Gasteiger partial charge in [0, 0.05) is 26.2 Å².